The quantitative estimate of drug-likeness (QED) is 0.787. The van der Waals surface area contributed by atoms with E-state index in [0.29, 0.717) is 6.04 Å². The van der Waals surface area contributed by atoms with Crippen LogP contribution >= 0.6 is 11.3 Å². The number of hydrogen-bond acceptors (Lipinski definition) is 5. The number of hydrogen-bond donors (Lipinski definition) is 1. The van der Waals surface area contributed by atoms with Crippen molar-refractivity contribution < 1.29 is 0 Å². The van der Waals surface area contributed by atoms with Crippen LogP contribution in [0.2, 0.25) is 0 Å². The second-order valence-electron chi connectivity index (χ2n) is 5.03. The monoisotopic (exact) mass is 299 g/mol. The van der Waals surface area contributed by atoms with Gasteiger partial charge in [-0.15, -0.1) is 16.4 Å². The maximum Gasteiger partial charge on any atom is 0.145 e. The van der Waals surface area contributed by atoms with E-state index in [1.807, 2.05) is 30.3 Å². The van der Waals surface area contributed by atoms with Crippen LogP contribution in [0, 0.1) is 0 Å². The highest BCUT2D eigenvalue weighted by atomic mass is 32.1. The minimum Gasteiger partial charge on any atom is -0.309 e. The van der Waals surface area contributed by atoms with Crippen molar-refractivity contribution in [3.63, 3.8) is 0 Å². The normalized spacial score (nSPS) is 11.2. The highest BCUT2D eigenvalue weighted by molar-refractivity contribution is 7.13. The fourth-order valence-electron chi connectivity index (χ4n) is 1.86. The van der Waals surface area contributed by atoms with Crippen LogP contribution in [0.25, 0.3) is 16.4 Å². The number of nitrogens with zero attached hydrogens (tertiary/aromatic N) is 4. The maximum absolute atomic E-state index is 4.60. The van der Waals surface area contributed by atoms with Gasteiger partial charge in [-0.25, -0.2) is 4.98 Å². The average molecular weight is 299 g/mol. The van der Waals surface area contributed by atoms with Crippen LogP contribution in [-0.2, 0) is 6.54 Å². The molecule has 2 aromatic heterocycles. The van der Waals surface area contributed by atoms with Gasteiger partial charge >= 0.3 is 0 Å². The lowest BCUT2D eigenvalue weighted by Gasteiger charge is -2.04. The lowest BCUT2D eigenvalue weighted by Crippen LogP contribution is -2.21. The van der Waals surface area contributed by atoms with Gasteiger partial charge in [0.05, 0.1) is 17.6 Å². The lowest BCUT2D eigenvalue weighted by molar-refractivity contribution is 0.583. The summed E-state index contributed by atoms with van der Waals surface area (Å²) >= 11 is 1.60. The van der Waals surface area contributed by atoms with Crippen molar-refractivity contribution in [3.8, 4) is 16.4 Å². The molecule has 108 valence electrons. The molecule has 0 aliphatic carbocycles. The van der Waals surface area contributed by atoms with Crippen molar-refractivity contribution >= 4 is 11.3 Å². The van der Waals surface area contributed by atoms with Gasteiger partial charge in [-0.3, -0.25) is 0 Å². The molecule has 0 aliphatic rings. The number of nitrogens with one attached hydrogen (secondary N) is 1. The van der Waals surface area contributed by atoms with E-state index < -0.39 is 0 Å². The third-order valence-corrected chi connectivity index (χ3v) is 3.85. The summed E-state index contributed by atoms with van der Waals surface area (Å²) in [6.45, 7) is 5.03. The molecule has 0 saturated carbocycles. The summed E-state index contributed by atoms with van der Waals surface area (Å²) in [5, 5.41) is 15.1. The molecule has 0 radical (unpaired) electrons. The first-order valence-electron chi connectivity index (χ1n) is 6.88. The van der Waals surface area contributed by atoms with Gasteiger partial charge in [-0.05, 0) is 12.1 Å². The van der Waals surface area contributed by atoms with Gasteiger partial charge in [0.2, 0.25) is 0 Å². The predicted octanol–water partition coefficient (Wildman–Crippen LogP) is 2.89. The molecular weight excluding hydrogens is 282 g/mol. The van der Waals surface area contributed by atoms with Gasteiger partial charge in [0, 0.05) is 18.0 Å². The lowest BCUT2D eigenvalue weighted by atomic mass is 10.3. The Balaban J connectivity index is 1.77. The van der Waals surface area contributed by atoms with Crippen LogP contribution in [0.1, 0.15) is 19.5 Å². The Kier molecular flexibility index (Phi) is 4.08. The number of benzene rings is 1. The first-order chi connectivity index (χ1) is 10.2. The van der Waals surface area contributed by atoms with Crippen LogP contribution in [0.15, 0.2) is 41.9 Å². The highest BCUT2D eigenvalue weighted by Crippen LogP contribution is 2.21. The van der Waals surface area contributed by atoms with E-state index in [0.717, 1.165) is 28.6 Å². The average Bonchev–Trinajstić information content (AvgIpc) is 3.15. The molecule has 6 heteroatoms. The topological polar surface area (TPSA) is 55.6 Å². The fourth-order valence-corrected chi connectivity index (χ4v) is 2.63. The van der Waals surface area contributed by atoms with Crippen molar-refractivity contribution in [3.05, 3.63) is 47.6 Å². The van der Waals surface area contributed by atoms with Crippen LogP contribution in [0.4, 0.5) is 0 Å². The molecule has 0 unspecified atom stereocenters. The minimum absolute atomic E-state index is 0.453. The van der Waals surface area contributed by atoms with E-state index >= 15 is 0 Å². The summed E-state index contributed by atoms with van der Waals surface area (Å²) in [6.07, 6.45) is 1.76. The van der Waals surface area contributed by atoms with E-state index in [4.69, 9.17) is 0 Å². The molecule has 1 N–H and O–H groups in total. The molecule has 0 amide bonds. The number of thiazole rings is 1. The maximum atomic E-state index is 4.60. The third-order valence-electron chi connectivity index (χ3n) is 2.94. The molecule has 0 saturated heterocycles. The predicted molar refractivity (Wildman–Crippen MR) is 84.4 cm³/mol. The molecule has 3 aromatic rings. The molecule has 1 aromatic carbocycles. The van der Waals surface area contributed by atoms with Crippen molar-refractivity contribution in [2.24, 2.45) is 0 Å². The summed E-state index contributed by atoms with van der Waals surface area (Å²) in [5.74, 6) is 0. The summed E-state index contributed by atoms with van der Waals surface area (Å²) in [5.41, 5.74) is 2.79. The summed E-state index contributed by atoms with van der Waals surface area (Å²) in [6, 6.07) is 10.3. The van der Waals surface area contributed by atoms with Gasteiger partial charge < -0.3 is 5.32 Å². The Morgan fingerprint density at radius 3 is 2.81 bits per heavy atom. The molecule has 3 rings (SSSR count). The molecule has 0 aliphatic heterocycles. The van der Waals surface area contributed by atoms with E-state index in [9.17, 15) is 0 Å². The summed E-state index contributed by atoms with van der Waals surface area (Å²) in [4.78, 5) is 6.23. The highest BCUT2D eigenvalue weighted by Gasteiger charge is 2.10. The first-order valence-corrected chi connectivity index (χ1v) is 7.76. The van der Waals surface area contributed by atoms with Crippen LogP contribution in [0.5, 0.6) is 0 Å². The van der Waals surface area contributed by atoms with E-state index in [-0.39, 0.29) is 0 Å². The van der Waals surface area contributed by atoms with E-state index in [2.05, 4.69) is 39.7 Å². The van der Waals surface area contributed by atoms with Gasteiger partial charge in [-0.2, -0.15) is 9.90 Å². The third kappa shape index (κ3) is 3.34. The van der Waals surface area contributed by atoms with Crippen molar-refractivity contribution in [2.75, 3.05) is 0 Å². The van der Waals surface area contributed by atoms with Crippen LogP contribution < -0.4 is 5.32 Å². The summed E-state index contributed by atoms with van der Waals surface area (Å²) < 4.78 is 0. The second-order valence-corrected chi connectivity index (χ2v) is 5.89. The van der Waals surface area contributed by atoms with Gasteiger partial charge in [0.1, 0.15) is 10.7 Å². The molecular formula is C15H17N5S. The van der Waals surface area contributed by atoms with Crippen molar-refractivity contribution in [1.29, 1.82) is 0 Å². The Bertz CT molecular complexity index is 702. The zero-order valence-electron chi connectivity index (χ0n) is 12.0. The molecule has 0 bridgehead atoms. The van der Waals surface area contributed by atoms with Crippen LogP contribution in [-0.4, -0.2) is 26.0 Å². The van der Waals surface area contributed by atoms with Gasteiger partial charge in [0.25, 0.3) is 0 Å². The minimum atomic E-state index is 0.453. The standard InChI is InChI=1S/C15H17N5S/c1-11(2)16-8-12-10-21-15(18-12)14-9-17-20(19-14)13-6-4-3-5-7-13/h3-7,9-11,16H,8H2,1-2H3. The summed E-state index contributed by atoms with van der Waals surface area (Å²) in [7, 11) is 0. The Hall–Kier alpha value is -2.05. The van der Waals surface area contributed by atoms with E-state index in [1.54, 1.807) is 22.3 Å². The molecule has 21 heavy (non-hydrogen) atoms. The Morgan fingerprint density at radius 2 is 2.05 bits per heavy atom. The molecule has 5 nitrogen and oxygen atoms in total. The SMILES string of the molecule is CC(C)NCc1csc(-c2cnn(-c3ccccc3)n2)n1. The first kappa shape index (κ1) is 13.9. The van der Waals surface area contributed by atoms with E-state index in [1.165, 1.54) is 0 Å². The van der Waals surface area contributed by atoms with Crippen LogP contribution in [0.3, 0.4) is 0 Å². The number of aromatic nitrogens is 4. The van der Waals surface area contributed by atoms with Gasteiger partial charge in [0.15, 0.2) is 0 Å². The largest absolute Gasteiger partial charge is 0.309 e. The zero-order chi connectivity index (χ0) is 14.7. The van der Waals surface area contributed by atoms with Crippen molar-refractivity contribution in [1.82, 2.24) is 25.3 Å². The molecule has 0 fully saturated rings. The fraction of sp³-hybridized carbons (Fsp3) is 0.267. The molecule has 2 heterocycles. The molecule has 0 spiro atoms. The Labute approximate surface area is 127 Å². The second kappa shape index (κ2) is 6.15. The number of para-hydroxylation sites is 1. The zero-order valence-corrected chi connectivity index (χ0v) is 12.8. The molecule has 0 atom stereocenters. The Morgan fingerprint density at radius 1 is 1.24 bits per heavy atom. The van der Waals surface area contributed by atoms with Gasteiger partial charge in [-0.1, -0.05) is 32.0 Å². The van der Waals surface area contributed by atoms with Crippen molar-refractivity contribution in [2.45, 2.75) is 26.4 Å². The number of rotatable bonds is 5. The smallest absolute Gasteiger partial charge is 0.145 e.